The molecule has 0 radical (unpaired) electrons. The molecule has 5 nitrogen and oxygen atoms in total. The maximum absolute atomic E-state index is 12.2. The molecule has 0 spiro atoms. The van der Waals surface area contributed by atoms with Crippen molar-refractivity contribution in [1.82, 2.24) is 4.98 Å². The van der Waals surface area contributed by atoms with E-state index in [1.54, 1.807) is 5.38 Å². The highest BCUT2D eigenvalue weighted by Crippen LogP contribution is 2.26. The second-order valence-electron chi connectivity index (χ2n) is 5.52. The highest BCUT2D eigenvalue weighted by Gasteiger charge is 2.26. The third-order valence-corrected chi connectivity index (χ3v) is 5.58. The molecule has 0 fully saturated rings. The number of aromatic nitrogens is 2. The van der Waals surface area contributed by atoms with Crippen molar-refractivity contribution in [2.45, 2.75) is 37.0 Å². The maximum Gasteiger partial charge on any atom is 0.309 e. The number of nitrogens with zero attached hydrogens (tertiary/aromatic N) is 2. The largest absolute Gasteiger partial charge is 0.618 e. The number of pyridine rings is 1. The number of rotatable bonds is 3. The van der Waals surface area contributed by atoms with Gasteiger partial charge in [0.15, 0.2) is 6.20 Å². The van der Waals surface area contributed by atoms with Crippen molar-refractivity contribution in [2.24, 2.45) is 0 Å². The van der Waals surface area contributed by atoms with Crippen LogP contribution in [0.1, 0.15) is 31.5 Å². The molecule has 0 saturated heterocycles. The Hall–Kier alpha value is -1.47. The van der Waals surface area contributed by atoms with Gasteiger partial charge in [0, 0.05) is 22.9 Å². The first-order chi connectivity index (χ1) is 9.20. The third kappa shape index (κ3) is 3.16. The standard InChI is InChI=1S/C13H16N2O3S2/c1-13(2,3)12-14-10(8-19-12)9-20(17,18)11-6-4-5-7-15(11)16/h4-8H,9H2,1-3H3. The van der Waals surface area contributed by atoms with Crippen LogP contribution in [-0.2, 0) is 21.0 Å². The number of sulfone groups is 1. The van der Waals surface area contributed by atoms with Crippen LogP contribution in [0.25, 0.3) is 0 Å². The van der Waals surface area contributed by atoms with Gasteiger partial charge in [-0.2, -0.15) is 4.73 Å². The average molecular weight is 312 g/mol. The molecule has 0 amide bonds. The van der Waals surface area contributed by atoms with Gasteiger partial charge in [0.2, 0.25) is 9.84 Å². The van der Waals surface area contributed by atoms with E-state index >= 15 is 0 Å². The van der Waals surface area contributed by atoms with Gasteiger partial charge in [-0.25, -0.2) is 13.4 Å². The molecule has 0 N–H and O–H groups in total. The summed E-state index contributed by atoms with van der Waals surface area (Å²) < 4.78 is 24.8. The van der Waals surface area contributed by atoms with Gasteiger partial charge in [-0.05, 0) is 6.07 Å². The molecular weight excluding hydrogens is 296 g/mol. The smallest absolute Gasteiger partial charge is 0.309 e. The molecule has 2 aromatic rings. The molecule has 0 atom stereocenters. The predicted octanol–water partition coefficient (Wildman–Crippen LogP) is 2.05. The first-order valence-electron chi connectivity index (χ1n) is 6.06. The van der Waals surface area contributed by atoms with Crippen molar-refractivity contribution in [1.29, 1.82) is 0 Å². The van der Waals surface area contributed by atoms with E-state index in [2.05, 4.69) is 4.98 Å². The van der Waals surface area contributed by atoms with Gasteiger partial charge in [-0.15, -0.1) is 11.3 Å². The quantitative estimate of drug-likeness (QED) is 0.642. The van der Waals surface area contributed by atoms with Crippen LogP contribution < -0.4 is 4.73 Å². The van der Waals surface area contributed by atoms with Crippen LogP contribution in [0.5, 0.6) is 0 Å². The minimum absolute atomic E-state index is 0.113. The topological polar surface area (TPSA) is 74.0 Å². The number of thiazole rings is 1. The molecule has 0 aromatic carbocycles. The van der Waals surface area contributed by atoms with Crippen LogP contribution >= 0.6 is 11.3 Å². The highest BCUT2D eigenvalue weighted by atomic mass is 32.2. The summed E-state index contributed by atoms with van der Waals surface area (Å²) in [6, 6.07) is 4.33. The Kier molecular flexibility index (Phi) is 3.84. The average Bonchev–Trinajstić information content (AvgIpc) is 2.76. The fourth-order valence-electron chi connectivity index (χ4n) is 1.64. The first-order valence-corrected chi connectivity index (χ1v) is 8.59. The molecule has 0 aliphatic rings. The van der Waals surface area contributed by atoms with Crippen LogP contribution in [0.3, 0.4) is 0 Å². The van der Waals surface area contributed by atoms with Crippen LogP contribution in [0.4, 0.5) is 0 Å². The predicted molar refractivity (Wildman–Crippen MR) is 77.1 cm³/mol. The second kappa shape index (κ2) is 5.14. The van der Waals surface area contributed by atoms with Crippen LogP contribution in [-0.4, -0.2) is 13.4 Å². The molecule has 7 heteroatoms. The zero-order chi connectivity index (χ0) is 15.0. The normalized spacial score (nSPS) is 12.6. The molecule has 0 bridgehead atoms. The van der Waals surface area contributed by atoms with Gasteiger partial charge >= 0.3 is 5.03 Å². The summed E-state index contributed by atoms with van der Waals surface area (Å²) in [6.45, 7) is 6.06. The van der Waals surface area contributed by atoms with Gasteiger partial charge < -0.3 is 5.21 Å². The highest BCUT2D eigenvalue weighted by molar-refractivity contribution is 7.90. The lowest BCUT2D eigenvalue weighted by atomic mass is 9.98. The van der Waals surface area contributed by atoms with Crippen molar-refractivity contribution in [3.63, 3.8) is 0 Å². The molecule has 108 valence electrons. The first kappa shape index (κ1) is 14.9. The lowest BCUT2D eigenvalue weighted by Gasteiger charge is -2.13. The molecule has 0 aliphatic carbocycles. The van der Waals surface area contributed by atoms with Gasteiger partial charge in [0.25, 0.3) is 0 Å². The van der Waals surface area contributed by atoms with Crippen molar-refractivity contribution in [2.75, 3.05) is 0 Å². The third-order valence-electron chi connectivity index (χ3n) is 2.64. The fourth-order valence-corrected chi connectivity index (χ4v) is 3.96. The number of hydrogen-bond acceptors (Lipinski definition) is 5. The molecule has 2 rings (SSSR count). The summed E-state index contributed by atoms with van der Waals surface area (Å²) in [6.07, 6.45) is 1.18. The summed E-state index contributed by atoms with van der Waals surface area (Å²) in [5.74, 6) is -0.258. The lowest BCUT2D eigenvalue weighted by Crippen LogP contribution is -2.33. The minimum atomic E-state index is -3.68. The van der Waals surface area contributed by atoms with E-state index in [1.807, 2.05) is 20.8 Å². The van der Waals surface area contributed by atoms with Gasteiger partial charge in [0.05, 0.1) is 10.7 Å². The van der Waals surface area contributed by atoms with E-state index in [1.165, 1.54) is 35.7 Å². The van der Waals surface area contributed by atoms with E-state index in [0.717, 1.165) is 5.01 Å². The summed E-state index contributed by atoms with van der Waals surface area (Å²) in [5, 5.41) is 13.9. The Labute approximate surface area is 122 Å². The van der Waals surface area contributed by atoms with Crippen molar-refractivity contribution in [3.8, 4) is 0 Å². The van der Waals surface area contributed by atoms with Crippen LogP contribution in [0, 0.1) is 5.21 Å². The van der Waals surface area contributed by atoms with Crippen molar-refractivity contribution < 1.29 is 13.1 Å². The van der Waals surface area contributed by atoms with E-state index < -0.39 is 9.84 Å². The summed E-state index contributed by atoms with van der Waals surface area (Å²) in [5.41, 5.74) is 0.362. The molecule has 2 heterocycles. The molecule has 2 aromatic heterocycles. The Bertz CT molecular complexity index is 715. The maximum atomic E-state index is 12.2. The van der Waals surface area contributed by atoms with E-state index in [0.29, 0.717) is 10.4 Å². The van der Waals surface area contributed by atoms with Crippen LogP contribution in [0.2, 0.25) is 0 Å². The Morgan fingerprint density at radius 1 is 1.35 bits per heavy atom. The second-order valence-corrected chi connectivity index (χ2v) is 8.31. The minimum Gasteiger partial charge on any atom is -0.618 e. The Morgan fingerprint density at radius 3 is 2.60 bits per heavy atom. The van der Waals surface area contributed by atoms with E-state index in [9.17, 15) is 13.6 Å². The molecular formula is C13H16N2O3S2. The Balaban J connectivity index is 2.30. The molecule has 0 unspecified atom stereocenters. The van der Waals surface area contributed by atoms with E-state index in [4.69, 9.17) is 0 Å². The lowest BCUT2D eigenvalue weighted by molar-refractivity contribution is -0.646. The summed E-state index contributed by atoms with van der Waals surface area (Å²) >= 11 is 1.44. The number of hydrogen-bond donors (Lipinski definition) is 0. The molecule has 0 saturated carbocycles. The summed E-state index contributed by atoms with van der Waals surface area (Å²) in [4.78, 5) is 4.35. The fraction of sp³-hybridized carbons (Fsp3) is 0.385. The van der Waals surface area contributed by atoms with E-state index in [-0.39, 0.29) is 16.2 Å². The van der Waals surface area contributed by atoms with Gasteiger partial charge in [-0.3, -0.25) is 0 Å². The molecule has 20 heavy (non-hydrogen) atoms. The monoisotopic (exact) mass is 312 g/mol. The SMILES string of the molecule is CC(C)(C)c1nc(CS(=O)(=O)c2cccc[n+]2[O-])cs1. The zero-order valence-electron chi connectivity index (χ0n) is 11.5. The summed E-state index contributed by atoms with van der Waals surface area (Å²) in [7, 11) is -3.68. The van der Waals surface area contributed by atoms with Gasteiger partial charge in [-0.1, -0.05) is 20.8 Å². The zero-order valence-corrected chi connectivity index (χ0v) is 13.2. The van der Waals surface area contributed by atoms with Crippen molar-refractivity contribution >= 4 is 21.2 Å². The van der Waals surface area contributed by atoms with Crippen molar-refractivity contribution in [3.05, 3.63) is 45.7 Å². The van der Waals surface area contributed by atoms with Crippen LogP contribution in [0.15, 0.2) is 34.8 Å². The van der Waals surface area contributed by atoms with Gasteiger partial charge in [0.1, 0.15) is 5.75 Å². The Morgan fingerprint density at radius 2 is 2.05 bits per heavy atom. The molecule has 0 aliphatic heterocycles.